The predicted molar refractivity (Wildman–Crippen MR) is 102 cm³/mol. The summed E-state index contributed by atoms with van der Waals surface area (Å²) in [6.07, 6.45) is 2.60. The third-order valence-corrected chi connectivity index (χ3v) is 5.49. The van der Waals surface area contributed by atoms with Crippen LogP contribution in [0.25, 0.3) is 0 Å². The first-order chi connectivity index (χ1) is 13.5. The minimum atomic E-state index is -0.916. The Morgan fingerprint density at radius 1 is 1.11 bits per heavy atom. The summed E-state index contributed by atoms with van der Waals surface area (Å²) in [5.74, 6) is 1.000. The lowest BCUT2D eigenvalue weighted by atomic mass is 10.0. The number of nitrogens with one attached hydrogen (secondary N) is 1. The quantitative estimate of drug-likeness (QED) is 0.515. The van der Waals surface area contributed by atoms with Crippen molar-refractivity contribution in [2.75, 3.05) is 46.9 Å². The lowest BCUT2D eigenvalue weighted by molar-refractivity contribution is -0.146. The number of methoxy groups -OCH3 is 2. The predicted octanol–water partition coefficient (Wildman–Crippen LogP) is 0.443. The molecule has 1 heterocycles. The van der Waals surface area contributed by atoms with Gasteiger partial charge in [0, 0.05) is 32.7 Å². The van der Waals surface area contributed by atoms with Crippen LogP contribution in [0.15, 0.2) is 18.2 Å². The normalized spacial score (nSPS) is 17.6. The molecule has 1 aromatic carbocycles. The molecule has 2 fully saturated rings. The number of piperazine rings is 1. The van der Waals surface area contributed by atoms with Crippen molar-refractivity contribution < 1.29 is 23.9 Å². The molecule has 28 heavy (non-hydrogen) atoms. The topological polar surface area (TPSA) is 88.2 Å². The number of hydrogen-bond donors (Lipinski definition) is 1. The molecule has 1 N–H and O–H groups in total. The van der Waals surface area contributed by atoms with E-state index in [1.807, 2.05) is 18.2 Å². The number of ether oxygens (including phenoxy) is 2. The molecule has 0 atom stereocenters. The molecule has 1 aromatic rings. The van der Waals surface area contributed by atoms with Crippen molar-refractivity contribution in [1.82, 2.24) is 15.1 Å². The van der Waals surface area contributed by atoms with Crippen LogP contribution >= 0.6 is 0 Å². The van der Waals surface area contributed by atoms with E-state index in [9.17, 15) is 14.4 Å². The summed E-state index contributed by atoms with van der Waals surface area (Å²) in [6.45, 7) is 2.46. The molecule has 3 amide bonds. The van der Waals surface area contributed by atoms with Crippen molar-refractivity contribution in [1.29, 1.82) is 0 Å². The molecule has 0 unspecified atom stereocenters. The molecule has 8 nitrogen and oxygen atoms in total. The van der Waals surface area contributed by atoms with Gasteiger partial charge in [-0.2, -0.15) is 0 Å². The van der Waals surface area contributed by atoms with E-state index in [0.717, 1.165) is 12.0 Å². The third kappa shape index (κ3) is 4.05. The summed E-state index contributed by atoms with van der Waals surface area (Å²) < 4.78 is 10.5. The van der Waals surface area contributed by atoms with Gasteiger partial charge in [-0.05, 0) is 37.0 Å². The Bertz CT molecular complexity index is 739. The lowest BCUT2D eigenvalue weighted by Crippen LogP contribution is -2.53. The third-order valence-electron chi connectivity index (χ3n) is 5.49. The Morgan fingerprint density at radius 3 is 2.36 bits per heavy atom. The summed E-state index contributed by atoms with van der Waals surface area (Å²) >= 11 is 0. The standard InChI is InChI=1S/C20H27N3O5/c1-27-16-4-3-15(13-17(16)28-2)5-8-21-18(25)20(6-7-20)19(26)23-11-9-22(14-24)10-12-23/h3-4,13-14H,5-12H2,1-2H3,(H,21,25). The second kappa shape index (κ2) is 8.50. The number of benzene rings is 1. The average Bonchev–Trinajstić information content (AvgIpc) is 3.55. The van der Waals surface area contributed by atoms with Crippen LogP contribution in [0.5, 0.6) is 11.5 Å². The fourth-order valence-corrected chi connectivity index (χ4v) is 3.52. The average molecular weight is 389 g/mol. The molecular weight excluding hydrogens is 362 g/mol. The molecule has 3 rings (SSSR count). The van der Waals surface area contributed by atoms with E-state index in [4.69, 9.17) is 9.47 Å². The van der Waals surface area contributed by atoms with E-state index in [0.29, 0.717) is 63.5 Å². The van der Waals surface area contributed by atoms with Gasteiger partial charge in [0.1, 0.15) is 5.41 Å². The fraction of sp³-hybridized carbons (Fsp3) is 0.550. The Labute approximate surface area is 164 Å². The lowest BCUT2D eigenvalue weighted by Gasteiger charge is -2.34. The number of carbonyl (C=O) groups excluding carboxylic acids is 3. The van der Waals surface area contributed by atoms with Crippen molar-refractivity contribution in [3.05, 3.63) is 23.8 Å². The number of nitrogens with zero attached hydrogens (tertiary/aromatic N) is 2. The Morgan fingerprint density at radius 2 is 1.79 bits per heavy atom. The number of carbonyl (C=O) groups is 3. The van der Waals surface area contributed by atoms with Gasteiger partial charge in [-0.1, -0.05) is 6.07 Å². The van der Waals surface area contributed by atoms with Crippen LogP contribution in [-0.2, 0) is 20.8 Å². The van der Waals surface area contributed by atoms with Crippen molar-refractivity contribution in [3.63, 3.8) is 0 Å². The van der Waals surface area contributed by atoms with Gasteiger partial charge in [0.25, 0.3) is 0 Å². The minimum absolute atomic E-state index is 0.110. The van der Waals surface area contributed by atoms with Gasteiger partial charge in [0.15, 0.2) is 11.5 Å². The number of amides is 3. The molecule has 8 heteroatoms. The van der Waals surface area contributed by atoms with Crippen LogP contribution in [-0.4, -0.2) is 75.0 Å². The zero-order valence-electron chi connectivity index (χ0n) is 16.4. The maximum Gasteiger partial charge on any atom is 0.238 e. The number of hydrogen-bond acceptors (Lipinski definition) is 5. The zero-order chi connectivity index (χ0) is 20.1. The smallest absolute Gasteiger partial charge is 0.238 e. The monoisotopic (exact) mass is 389 g/mol. The molecule has 1 saturated heterocycles. The van der Waals surface area contributed by atoms with E-state index in [2.05, 4.69) is 5.32 Å². The Hall–Kier alpha value is -2.77. The van der Waals surface area contributed by atoms with Crippen LogP contribution in [0, 0.1) is 5.41 Å². The molecule has 1 saturated carbocycles. The molecule has 2 aliphatic rings. The van der Waals surface area contributed by atoms with Crippen LogP contribution in [0.2, 0.25) is 0 Å². The first-order valence-electron chi connectivity index (χ1n) is 9.52. The SMILES string of the molecule is COc1ccc(CCNC(=O)C2(C(=O)N3CCN(C=O)CC3)CC2)cc1OC. The molecule has 0 radical (unpaired) electrons. The second-order valence-corrected chi connectivity index (χ2v) is 7.21. The van der Waals surface area contributed by atoms with E-state index >= 15 is 0 Å². The van der Waals surface area contributed by atoms with Crippen LogP contribution < -0.4 is 14.8 Å². The van der Waals surface area contributed by atoms with Crippen molar-refractivity contribution in [2.45, 2.75) is 19.3 Å². The Kier molecular flexibility index (Phi) is 6.06. The van der Waals surface area contributed by atoms with E-state index < -0.39 is 5.41 Å². The highest BCUT2D eigenvalue weighted by atomic mass is 16.5. The summed E-state index contributed by atoms with van der Waals surface area (Å²) in [5.41, 5.74) is 0.0973. The number of rotatable bonds is 8. The van der Waals surface area contributed by atoms with Crippen molar-refractivity contribution in [2.24, 2.45) is 5.41 Å². The fourth-order valence-electron chi connectivity index (χ4n) is 3.52. The van der Waals surface area contributed by atoms with Gasteiger partial charge >= 0.3 is 0 Å². The highest BCUT2D eigenvalue weighted by Crippen LogP contribution is 2.47. The molecule has 0 bridgehead atoms. The Balaban J connectivity index is 1.52. The van der Waals surface area contributed by atoms with Gasteiger partial charge in [-0.25, -0.2) is 0 Å². The second-order valence-electron chi connectivity index (χ2n) is 7.21. The molecule has 152 valence electrons. The molecule has 0 spiro atoms. The zero-order valence-corrected chi connectivity index (χ0v) is 16.4. The molecule has 1 aliphatic carbocycles. The van der Waals surface area contributed by atoms with Crippen molar-refractivity contribution >= 4 is 18.2 Å². The van der Waals surface area contributed by atoms with E-state index in [1.165, 1.54) is 0 Å². The maximum atomic E-state index is 12.8. The highest BCUT2D eigenvalue weighted by molar-refractivity contribution is 6.07. The van der Waals surface area contributed by atoms with Gasteiger partial charge in [0.05, 0.1) is 14.2 Å². The van der Waals surface area contributed by atoms with Crippen molar-refractivity contribution in [3.8, 4) is 11.5 Å². The molecular formula is C20H27N3O5. The van der Waals surface area contributed by atoms with E-state index in [-0.39, 0.29) is 11.8 Å². The largest absolute Gasteiger partial charge is 0.493 e. The van der Waals surface area contributed by atoms with Crippen LogP contribution in [0.1, 0.15) is 18.4 Å². The van der Waals surface area contributed by atoms with Gasteiger partial charge in [-0.3, -0.25) is 14.4 Å². The van der Waals surface area contributed by atoms with Crippen LogP contribution in [0.4, 0.5) is 0 Å². The summed E-state index contributed by atoms with van der Waals surface area (Å²) in [4.78, 5) is 39.7. The minimum Gasteiger partial charge on any atom is -0.493 e. The maximum absolute atomic E-state index is 12.8. The highest BCUT2D eigenvalue weighted by Gasteiger charge is 2.58. The van der Waals surface area contributed by atoms with Crippen LogP contribution in [0.3, 0.4) is 0 Å². The van der Waals surface area contributed by atoms with Gasteiger partial charge < -0.3 is 24.6 Å². The summed E-state index contributed by atoms with van der Waals surface area (Å²) in [6, 6.07) is 5.65. The first-order valence-corrected chi connectivity index (χ1v) is 9.52. The van der Waals surface area contributed by atoms with Gasteiger partial charge in [0.2, 0.25) is 18.2 Å². The molecule has 1 aliphatic heterocycles. The van der Waals surface area contributed by atoms with E-state index in [1.54, 1.807) is 24.0 Å². The molecule has 0 aromatic heterocycles. The van der Waals surface area contributed by atoms with Gasteiger partial charge in [-0.15, -0.1) is 0 Å². The summed E-state index contributed by atoms with van der Waals surface area (Å²) in [7, 11) is 3.17. The first kappa shape index (κ1) is 20.0. The summed E-state index contributed by atoms with van der Waals surface area (Å²) in [5, 5.41) is 2.91.